The molecule has 2 aromatic rings. The second kappa shape index (κ2) is 6.43. The molecule has 0 bridgehead atoms. The van der Waals surface area contributed by atoms with Crippen molar-refractivity contribution in [3.63, 3.8) is 0 Å². The summed E-state index contributed by atoms with van der Waals surface area (Å²) < 4.78 is 17.9. The fourth-order valence-electron chi connectivity index (χ4n) is 2.50. The first kappa shape index (κ1) is 17.3. The van der Waals surface area contributed by atoms with Gasteiger partial charge in [-0.25, -0.2) is 0 Å². The van der Waals surface area contributed by atoms with Gasteiger partial charge in [0.2, 0.25) is 0 Å². The van der Waals surface area contributed by atoms with E-state index < -0.39 is 7.12 Å². The van der Waals surface area contributed by atoms with Gasteiger partial charge in [0.05, 0.1) is 11.2 Å². The summed E-state index contributed by atoms with van der Waals surface area (Å²) in [6, 6.07) is 15.6. The number of hydrogen-bond acceptors (Lipinski definition) is 3. The molecule has 0 N–H and O–H groups in total. The van der Waals surface area contributed by atoms with Gasteiger partial charge in [-0.2, -0.15) is 0 Å². The molecule has 1 fully saturated rings. The molecule has 1 heterocycles. The molecular formula is C19H22BClO3. The van der Waals surface area contributed by atoms with E-state index in [0.717, 1.165) is 16.8 Å². The van der Waals surface area contributed by atoms with Crippen LogP contribution in [0.4, 0.5) is 0 Å². The molecule has 1 saturated heterocycles. The van der Waals surface area contributed by atoms with E-state index in [9.17, 15) is 0 Å². The van der Waals surface area contributed by atoms with E-state index in [-0.39, 0.29) is 11.2 Å². The van der Waals surface area contributed by atoms with Crippen molar-refractivity contribution in [2.75, 3.05) is 0 Å². The molecule has 1 aliphatic rings. The number of halogens is 1. The van der Waals surface area contributed by atoms with Crippen LogP contribution in [-0.2, 0) is 15.9 Å². The minimum atomic E-state index is -0.467. The highest BCUT2D eigenvalue weighted by Gasteiger charge is 2.52. The Morgan fingerprint density at radius 1 is 0.958 bits per heavy atom. The SMILES string of the molecule is CC1(C)OB(c2ccc(OCc3ccccc3)cc2Cl)OC1(C)C. The zero-order valence-electron chi connectivity index (χ0n) is 14.5. The van der Waals surface area contributed by atoms with E-state index in [1.165, 1.54) is 0 Å². The fourth-order valence-corrected chi connectivity index (χ4v) is 2.76. The maximum absolute atomic E-state index is 6.44. The van der Waals surface area contributed by atoms with Gasteiger partial charge in [0.1, 0.15) is 12.4 Å². The first-order valence-electron chi connectivity index (χ1n) is 8.10. The molecule has 126 valence electrons. The van der Waals surface area contributed by atoms with Gasteiger partial charge >= 0.3 is 7.12 Å². The van der Waals surface area contributed by atoms with Crippen LogP contribution in [0, 0.1) is 0 Å². The van der Waals surface area contributed by atoms with Crippen molar-refractivity contribution in [2.24, 2.45) is 0 Å². The number of rotatable bonds is 4. The molecule has 0 radical (unpaired) electrons. The molecule has 3 rings (SSSR count). The molecule has 0 spiro atoms. The number of ether oxygens (including phenoxy) is 1. The number of hydrogen-bond donors (Lipinski definition) is 0. The maximum atomic E-state index is 6.44. The van der Waals surface area contributed by atoms with Crippen molar-refractivity contribution in [3.05, 3.63) is 59.1 Å². The van der Waals surface area contributed by atoms with Gasteiger partial charge in [-0.15, -0.1) is 0 Å². The van der Waals surface area contributed by atoms with E-state index in [2.05, 4.69) is 0 Å². The van der Waals surface area contributed by atoms with E-state index in [1.54, 1.807) is 0 Å². The Bertz CT molecular complexity index is 700. The van der Waals surface area contributed by atoms with Gasteiger partial charge in [0.25, 0.3) is 0 Å². The Labute approximate surface area is 149 Å². The van der Waals surface area contributed by atoms with Gasteiger partial charge in [0, 0.05) is 10.5 Å². The van der Waals surface area contributed by atoms with Gasteiger partial charge in [0.15, 0.2) is 0 Å². The minimum absolute atomic E-state index is 0.385. The highest BCUT2D eigenvalue weighted by Crippen LogP contribution is 2.37. The molecule has 0 aromatic heterocycles. The van der Waals surface area contributed by atoms with E-state index in [4.69, 9.17) is 25.6 Å². The second-order valence-electron chi connectivity index (χ2n) is 7.05. The maximum Gasteiger partial charge on any atom is 0.496 e. The standard InChI is InChI=1S/C19H22BClO3/c1-18(2)19(3,4)24-20(23-18)16-11-10-15(12-17(16)21)22-13-14-8-6-5-7-9-14/h5-12H,13H2,1-4H3. The van der Waals surface area contributed by atoms with Crippen LogP contribution >= 0.6 is 11.6 Å². The lowest BCUT2D eigenvalue weighted by atomic mass is 9.79. The Kier molecular flexibility index (Phi) is 4.65. The zero-order chi connectivity index (χ0) is 17.4. The van der Waals surface area contributed by atoms with Gasteiger partial charge < -0.3 is 14.0 Å². The summed E-state index contributed by atoms with van der Waals surface area (Å²) in [5.41, 5.74) is 1.17. The fraction of sp³-hybridized carbons (Fsp3) is 0.368. The molecular weight excluding hydrogens is 322 g/mol. The van der Waals surface area contributed by atoms with Crippen molar-refractivity contribution in [3.8, 4) is 5.75 Å². The largest absolute Gasteiger partial charge is 0.496 e. The predicted octanol–water partition coefficient (Wildman–Crippen LogP) is 4.22. The van der Waals surface area contributed by atoms with Crippen molar-refractivity contribution in [1.29, 1.82) is 0 Å². The highest BCUT2D eigenvalue weighted by atomic mass is 35.5. The van der Waals surface area contributed by atoms with Crippen molar-refractivity contribution >= 4 is 24.2 Å². The molecule has 0 amide bonds. The van der Waals surface area contributed by atoms with Gasteiger partial charge in [-0.3, -0.25) is 0 Å². The molecule has 0 unspecified atom stereocenters. The predicted molar refractivity (Wildman–Crippen MR) is 97.9 cm³/mol. The highest BCUT2D eigenvalue weighted by molar-refractivity contribution is 6.65. The lowest BCUT2D eigenvalue weighted by molar-refractivity contribution is 0.00578. The quantitative estimate of drug-likeness (QED) is 0.777. The van der Waals surface area contributed by atoms with Crippen LogP contribution in [0.2, 0.25) is 5.02 Å². The molecule has 3 nitrogen and oxygen atoms in total. The normalized spacial score (nSPS) is 18.6. The van der Waals surface area contributed by atoms with Crippen LogP contribution in [0.3, 0.4) is 0 Å². The molecule has 0 saturated carbocycles. The molecule has 0 aliphatic carbocycles. The summed E-state index contributed by atoms with van der Waals surface area (Å²) in [6.07, 6.45) is 0. The van der Waals surface area contributed by atoms with E-state index in [0.29, 0.717) is 11.6 Å². The minimum Gasteiger partial charge on any atom is -0.489 e. The van der Waals surface area contributed by atoms with Crippen LogP contribution in [-0.4, -0.2) is 18.3 Å². The van der Waals surface area contributed by atoms with Crippen molar-refractivity contribution < 1.29 is 14.0 Å². The Hall–Kier alpha value is -1.49. The lowest BCUT2D eigenvalue weighted by Crippen LogP contribution is -2.41. The lowest BCUT2D eigenvalue weighted by Gasteiger charge is -2.32. The van der Waals surface area contributed by atoms with Crippen LogP contribution in [0.25, 0.3) is 0 Å². The molecule has 24 heavy (non-hydrogen) atoms. The first-order chi connectivity index (χ1) is 11.3. The van der Waals surface area contributed by atoms with E-state index in [1.807, 2.05) is 76.2 Å². The molecule has 1 aliphatic heterocycles. The van der Waals surface area contributed by atoms with Gasteiger partial charge in [-0.05, 0) is 45.4 Å². The summed E-state index contributed by atoms with van der Waals surface area (Å²) >= 11 is 6.44. The topological polar surface area (TPSA) is 27.7 Å². The van der Waals surface area contributed by atoms with Crippen LogP contribution in [0.1, 0.15) is 33.3 Å². The Balaban J connectivity index is 1.72. The van der Waals surface area contributed by atoms with Crippen LogP contribution in [0.15, 0.2) is 48.5 Å². The Morgan fingerprint density at radius 2 is 1.58 bits per heavy atom. The van der Waals surface area contributed by atoms with Crippen molar-refractivity contribution in [2.45, 2.75) is 45.5 Å². The summed E-state index contributed by atoms with van der Waals surface area (Å²) in [4.78, 5) is 0. The first-order valence-corrected chi connectivity index (χ1v) is 8.48. The second-order valence-corrected chi connectivity index (χ2v) is 7.45. The number of benzene rings is 2. The molecule has 5 heteroatoms. The third kappa shape index (κ3) is 3.46. The van der Waals surface area contributed by atoms with Gasteiger partial charge in [-0.1, -0.05) is 48.0 Å². The van der Waals surface area contributed by atoms with Crippen molar-refractivity contribution in [1.82, 2.24) is 0 Å². The van der Waals surface area contributed by atoms with Crippen LogP contribution < -0.4 is 10.2 Å². The summed E-state index contributed by atoms with van der Waals surface area (Å²) in [7, 11) is -0.467. The summed E-state index contributed by atoms with van der Waals surface area (Å²) in [6.45, 7) is 8.61. The smallest absolute Gasteiger partial charge is 0.489 e. The Morgan fingerprint density at radius 3 is 2.17 bits per heavy atom. The van der Waals surface area contributed by atoms with E-state index >= 15 is 0 Å². The third-order valence-corrected chi connectivity index (χ3v) is 5.05. The zero-order valence-corrected chi connectivity index (χ0v) is 15.3. The average Bonchev–Trinajstić information content (AvgIpc) is 2.74. The average molecular weight is 345 g/mol. The molecule has 2 aromatic carbocycles. The summed E-state index contributed by atoms with van der Waals surface area (Å²) in [5.74, 6) is 0.726. The molecule has 0 atom stereocenters. The monoisotopic (exact) mass is 344 g/mol. The third-order valence-electron chi connectivity index (χ3n) is 4.73. The summed E-state index contributed by atoms with van der Waals surface area (Å²) in [5, 5.41) is 0.582. The van der Waals surface area contributed by atoms with Crippen LogP contribution in [0.5, 0.6) is 5.75 Å².